The molecule has 2 aliphatic heterocycles. The molecule has 3 unspecified atom stereocenters. The van der Waals surface area contributed by atoms with Crippen LogP contribution >= 0.6 is 0 Å². The molecule has 4 nitrogen and oxygen atoms in total. The SMILES string of the molecule is CC1OCCC1C(NN)c1cccc2c1OCCC2. The van der Waals surface area contributed by atoms with Crippen molar-refractivity contribution in [3.05, 3.63) is 29.3 Å². The molecule has 0 amide bonds. The van der Waals surface area contributed by atoms with Gasteiger partial charge in [0, 0.05) is 18.1 Å². The number of hydrogen-bond donors (Lipinski definition) is 2. The molecule has 1 fully saturated rings. The van der Waals surface area contributed by atoms with Gasteiger partial charge in [0.15, 0.2) is 0 Å². The van der Waals surface area contributed by atoms with Crippen LogP contribution in [-0.4, -0.2) is 19.3 Å². The fourth-order valence-electron chi connectivity index (χ4n) is 3.29. The molecule has 1 aromatic carbocycles. The molecule has 0 spiro atoms. The van der Waals surface area contributed by atoms with E-state index in [1.165, 1.54) is 11.1 Å². The molecule has 104 valence electrons. The topological polar surface area (TPSA) is 56.5 Å². The minimum Gasteiger partial charge on any atom is -0.493 e. The van der Waals surface area contributed by atoms with Gasteiger partial charge in [0.1, 0.15) is 5.75 Å². The minimum atomic E-state index is 0.102. The quantitative estimate of drug-likeness (QED) is 0.645. The molecule has 3 N–H and O–H groups in total. The third kappa shape index (κ3) is 2.36. The van der Waals surface area contributed by atoms with Gasteiger partial charge in [-0.25, -0.2) is 0 Å². The van der Waals surface area contributed by atoms with Crippen LogP contribution < -0.4 is 16.0 Å². The summed E-state index contributed by atoms with van der Waals surface area (Å²) in [5.41, 5.74) is 5.46. The van der Waals surface area contributed by atoms with Crippen molar-refractivity contribution in [1.82, 2.24) is 5.43 Å². The minimum absolute atomic E-state index is 0.102. The highest BCUT2D eigenvalue weighted by Crippen LogP contribution is 2.39. The van der Waals surface area contributed by atoms with Crippen LogP contribution in [-0.2, 0) is 11.2 Å². The second-order valence-electron chi connectivity index (χ2n) is 5.46. The first-order valence-electron chi connectivity index (χ1n) is 7.13. The van der Waals surface area contributed by atoms with E-state index in [1.54, 1.807) is 0 Å². The summed E-state index contributed by atoms with van der Waals surface area (Å²) in [6.45, 7) is 3.75. The predicted octanol–water partition coefficient (Wildman–Crippen LogP) is 1.94. The molecule has 0 bridgehead atoms. The van der Waals surface area contributed by atoms with Gasteiger partial charge in [-0.3, -0.25) is 11.3 Å². The fourth-order valence-corrected chi connectivity index (χ4v) is 3.29. The molecule has 19 heavy (non-hydrogen) atoms. The van der Waals surface area contributed by atoms with Gasteiger partial charge >= 0.3 is 0 Å². The van der Waals surface area contributed by atoms with Gasteiger partial charge < -0.3 is 9.47 Å². The smallest absolute Gasteiger partial charge is 0.127 e. The predicted molar refractivity (Wildman–Crippen MR) is 73.8 cm³/mol. The first-order chi connectivity index (χ1) is 9.31. The second kappa shape index (κ2) is 5.49. The number of fused-ring (bicyclic) bond motifs is 1. The lowest BCUT2D eigenvalue weighted by atomic mass is 9.86. The Morgan fingerprint density at radius 3 is 3.00 bits per heavy atom. The van der Waals surface area contributed by atoms with Crippen LogP contribution in [0.15, 0.2) is 18.2 Å². The Balaban J connectivity index is 1.95. The summed E-state index contributed by atoms with van der Waals surface area (Å²) in [4.78, 5) is 0. The maximum atomic E-state index is 5.90. The fraction of sp³-hybridized carbons (Fsp3) is 0.600. The van der Waals surface area contributed by atoms with E-state index >= 15 is 0 Å². The normalized spacial score (nSPS) is 27.7. The Morgan fingerprint density at radius 2 is 2.26 bits per heavy atom. The van der Waals surface area contributed by atoms with Gasteiger partial charge in [-0.05, 0) is 31.7 Å². The van der Waals surface area contributed by atoms with Gasteiger partial charge in [-0.15, -0.1) is 0 Å². The van der Waals surface area contributed by atoms with E-state index in [-0.39, 0.29) is 12.1 Å². The third-order valence-electron chi connectivity index (χ3n) is 4.34. The van der Waals surface area contributed by atoms with E-state index in [0.29, 0.717) is 5.92 Å². The van der Waals surface area contributed by atoms with Crippen molar-refractivity contribution < 1.29 is 9.47 Å². The first-order valence-corrected chi connectivity index (χ1v) is 7.13. The van der Waals surface area contributed by atoms with Gasteiger partial charge in [-0.2, -0.15) is 0 Å². The molecule has 1 saturated heterocycles. The Hall–Kier alpha value is -1.10. The van der Waals surface area contributed by atoms with Crippen molar-refractivity contribution in [3.8, 4) is 5.75 Å². The number of ether oxygens (including phenoxy) is 2. The summed E-state index contributed by atoms with van der Waals surface area (Å²) in [6.07, 6.45) is 3.47. The first kappa shape index (κ1) is 12.9. The lowest BCUT2D eigenvalue weighted by molar-refractivity contribution is 0.0948. The Kier molecular flexibility index (Phi) is 3.73. The van der Waals surface area contributed by atoms with E-state index in [0.717, 1.165) is 38.2 Å². The lowest BCUT2D eigenvalue weighted by Gasteiger charge is -2.29. The van der Waals surface area contributed by atoms with Gasteiger partial charge in [0.25, 0.3) is 0 Å². The number of hydrogen-bond acceptors (Lipinski definition) is 4. The molecule has 0 aromatic heterocycles. The third-order valence-corrected chi connectivity index (χ3v) is 4.34. The van der Waals surface area contributed by atoms with Gasteiger partial charge in [0.05, 0.1) is 18.8 Å². The maximum Gasteiger partial charge on any atom is 0.127 e. The van der Waals surface area contributed by atoms with Crippen molar-refractivity contribution in [2.75, 3.05) is 13.2 Å². The van der Waals surface area contributed by atoms with Gasteiger partial charge in [0.2, 0.25) is 0 Å². The van der Waals surface area contributed by atoms with Crippen LogP contribution in [0.1, 0.15) is 36.9 Å². The molecule has 3 atom stereocenters. The zero-order valence-electron chi connectivity index (χ0n) is 11.4. The molecule has 0 radical (unpaired) electrons. The van der Waals surface area contributed by atoms with Crippen LogP contribution in [0.3, 0.4) is 0 Å². The largest absolute Gasteiger partial charge is 0.493 e. The molecule has 0 aliphatic carbocycles. The monoisotopic (exact) mass is 262 g/mol. The number of nitrogens with two attached hydrogens (primary N) is 1. The Labute approximate surface area is 114 Å². The van der Waals surface area contributed by atoms with Crippen LogP contribution in [0.5, 0.6) is 5.75 Å². The number of benzene rings is 1. The van der Waals surface area contributed by atoms with Gasteiger partial charge in [-0.1, -0.05) is 18.2 Å². The van der Waals surface area contributed by atoms with Crippen LogP contribution in [0.2, 0.25) is 0 Å². The summed E-state index contributed by atoms with van der Waals surface area (Å²) in [5, 5.41) is 0. The molecule has 4 heteroatoms. The molecule has 2 heterocycles. The highest BCUT2D eigenvalue weighted by molar-refractivity contribution is 5.44. The zero-order chi connectivity index (χ0) is 13.2. The number of rotatable bonds is 3. The van der Waals surface area contributed by atoms with Crippen LogP contribution in [0, 0.1) is 5.92 Å². The van der Waals surface area contributed by atoms with Crippen molar-refractivity contribution in [2.45, 2.75) is 38.3 Å². The standard InChI is InChI=1S/C15H22N2O2/c1-10-12(7-9-18-10)14(17-16)13-6-2-4-11-5-3-8-19-15(11)13/h2,4,6,10,12,14,17H,3,5,7-9,16H2,1H3. The van der Waals surface area contributed by atoms with Crippen molar-refractivity contribution in [3.63, 3.8) is 0 Å². The van der Waals surface area contributed by atoms with Crippen LogP contribution in [0.4, 0.5) is 0 Å². The summed E-state index contributed by atoms with van der Waals surface area (Å²) in [5.74, 6) is 7.26. The number of aryl methyl sites for hydroxylation is 1. The summed E-state index contributed by atoms with van der Waals surface area (Å²) in [7, 11) is 0. The number of nitrogens with one attached hydrogen (secondary N) is 1. The summed E-state index contributed by atoms with van der Waals surface area (Å²) >= 11 is 0. The van der Waals surface area contributed by atoms with E-state index in [4.69, 9.17) is 15.3 Å². The highest BCUT2D eigenvalue weighted by Gasteiger charge is 2.34. The summed E-state index contributed by atoms with van der Waals surface area (Å²) < 4.78 is 11.6. The average Bonchev–Trinajstić information content (AvgIpc) is 2.86. The van der Waals surface area contributed by atoms with E-state index in [9.17, 15) is 0 Å². The molecular weight excluding hydrogens is 240 g/mol. The average molecular weight is 262 g/mol. The number of para-hydroxylation sites is 1. The van der Waals surface area contributed by atoms with Crippen LogP contribution in [0.25, 0.3) is 0 Å². The molecule has 1 aromatic rings. The van der Waals surface area contributed by atoms with E-state index in [1.807, 2.05) is 0 Å². The van der Waals surface area contributed by atoms with E-state index in [2.05, 4.69) is 30.5 Å². The highest BCUT2D eigenvalue weighted by atomic mass is 16.5. The second-order valence-corrected chi connectivity index (χ2v) is 5.46. The van der Waals surface area contributed by atoms with Crippen molar-refractivity contribution >= 4 is 0 Å². The summed E-state index contributed by atoms with van der Waals surface area (Å²) in [6, 6.07) is 6.48. The zero-order valence-corrected chi connectivity index (χ0v) is 11.4. The van der Waals surface area contributed by atoms with Crippen molar-refractivity contribution in [1.29, 1.82) is 0 Å². The van der Waals surface area contributed by atoms with E-state index < -0.39 is 0 Å². The molecule has 0 saturated carbocycles. The molecule has 3 rings (SSSR count). The van der Waals surface area contributed by atoms with Crippen molar-refractivity contribution in [2.24, 2.45) is 11.8 Å². The lowest BCUT2D eigenvalue weighted by Crippen LogP contribution is -2.36. The maximum absolute atomic E-state index is 5.90. The number of hydrazine groups is 1. The molecule has 2 aliphatic rings. The Morgan fingerprint density at radius 1 is 1.37 bits per heavy atom. The Bertz CT molecular complexity index is 450. The molecular formula is C15H22N2O2.